The Morgan fingerprint density at radius 1 is 1.33 bits per heavy atom. The predicted octanol–water partition coefficient (Wildman–Crippen LogP) is 1.75. The Bertz CT molecular complexity index is 448. The summed E-state index contributed by atoms with van der Waals surface area (Å²) in [5.41, 5.74) is 8.02. The third kappa shape index (κ3) is 2.03. The number of hydrogen-bond donors (Lipinski definition) is 1. The van der Waals surface area contributed by atoms with Gasteiger partial charge in [0.25, 0.3) is 0 Å². The van der Waals surface area contributed by atoms with Crippen LogP contribution in [0.15, 0.2) is 30.5 Å². The maximum Gasteiger partial charge on any atom is 0.0641 e. The van der Waals surface area contributed by atoms with Gasteiger partial charge in [-0.3, -0.25) is 0 Å². The van der Waals surface area contributed by atoms with Crippen molar-refractivity contribution in [3.63, 3.8) is 0 Å². The molecular weight excluding hydrogens is 188 g/mol. The molecule has 0 amide bonds. The van der Waals surface area contributed by atoms with Crippen molar-refractivity contribution in [3.05, 3.63) is 36.0 Å². The molecule has 0 aliphatic carbocycles. The molecule has 0 saturated heterocycles. The minimum absolute atomic E-state index is 0.589. The first-order valence-electron chi connectivity index (χ1n) is 5.12. The average molecular weight is 204 g/mol. The molecule has 0 aliphatic rings. The van der Waals surface area contributed by atoms with Crippen LogP contribution in [0.25, 0.3) is 10.9 Å². The average Bonchev–Trinajstić information content (AvgIpc) is 2.68. The Balaban J connectivity index is 2.38. The number of ether oxygens (including phenoxy) is 1. The van der Waals surface area contributed by atoms with Crippen molar-refractivity contribution in [2.24, 2.45) is 5.73 Å². The zero-order chi connectivity index (χ0) is 10.7. The van der Waals surface area contributed by atoms with Crippen molar-refractivity contribution in [1.82, 2.24) is 4.57 Å². The Hall–Kier alpha value is -1.32. The first kappa shape index (κ1) is 10.2. The molecule has 1 aromatic carbocycles. The number of aromatic nitrogens is 1. The van der Waals surface area contributed by atoms with Crippen LogP contribution in [0.2, 0.25) is 0 Å². The van der Waals surface area contributed by atoms with Crippen molar-refractivity contribution in [2.45, 2.75) is 13.1 Å². The molecule has 0 aliphatic heterocycles. The molecule has 3 nitrogen and oxygen atoms in total. The van der Waals surface area contributed by atoms with Crippen molar-refractivity contribution in [1.29, 1.82) is 0 Å². The molecular formula is C12H16N2O. The van der Waals surface area contributed by atoms with Gasteiger partial charge in [0.15, 0.2) is 0 Å². The predicted molar refractivity (Wildman–Crippen MR) is 61.7 cm³/mol. The number of rotatable bonds is 4. The summed E-state index contributed by atoms with van der Waals surface area (Å²) in [7, 11) is 1.72. The van der Waals surface area contributed by atoms with Crippen molar-refractivity contribution >= 4 is 10.9 Å². The molecule has 80 valence electrons. The van der Waals surface area contributed by atoms with Gasteiger partial charge in [0.05, 0.1) is 6.61 Å². The lowest BCUT2D eigenvalue weighted by molar-refractivity contribution is 0.188. The van der Waals surface area contributed by atoms with E-state index < -0.39 is 0 Å². The molecule has 0 fully saturated rings. The molecule has 0 saturated carbocycles. The van der Waals surface area contributed by atoms with Gasteiger partial charge in [0.2, 0.25) is 0 Å². The van der Waals surface area contributed by atoms with Crippen molar-refractivity contribution < 1.29 is 4.74 Å². The second-order valence-corrected chi connectivity index (χ2v) is 3.60. The standard InChI is InChI=1S/C12H16N2O/c1-15-7-6-14-5-4-11-3-2-10(9-13)8-12(11)14/h2-5,8H,6-7,9,13H2,1H3. The molecule has 2 N–H and O–H groups in total. The van der Waals surface area contributed by atoms with E-state index in [9.17, 15) is 0 Å². The number of benzene rings is 1. The van der Waals surface area contributed by atoms with Crippen LogP contribution in [0.1, 0.15) is 5.56 Å². The van der Waals surface area contributed by atoms with Gasteiger partial charge >= 0.3 is 0 Å². The van der Waals surface area contributed by atoms with Crippen LogP contribution in [-0.4, -0.2) is 18.3 Å². The Morgan fingerprint density at radius 3 is 2.93 bits per heavy atom. The van der Waals surface area contributed by atoms with Crippen LogP contribution in [-0.2, 0) is 17.8 Å². The number of nitrogens with zero attached hydrogens (tertiary/aromatic N) is 1. The first-order chi connectivity index (χ1) is 7.35. The summed E-state index contributed by atoms with van der Waals surface area (Å²) in [6.07, 6.45) is 2.09. The lowest BCUT2D eigenvalue weighted by Crippen LogP contribution is -2.03. The SMILES string of the molecule is COCCn1ccc2ccc(CN)cc21. The van der Waals surface area contributed by atoms with Gasteiger partial charge in [0.1, 0.15) is 0 Å². The molecule has 2 aromatic rings. The summed E-state index contributed by atoms with van der Waals surface area (Å²) in [5, 5.41) is 1.25. The van der Waals surface area contributed by atoms with Gasteiger partial charge in [-0.05, 0) is 23.1 Å². The molecule has 0 bridgehead atoms. The first-order valence-corrected chi connectivity index (χ1v) is 5.12. The number of nitrogens with two attached hydrogens (primary N) is 1. The monoisotopic (exact) mass is 204 g/mol. The number of hydrogen-bond acceptors (Lipinski definition) is 2. The van der Waals surface area contributed by atoms with E-state index in [-0.39, 0.29) is 0 Å². The smallest absolute Gasteiger partial charge is 0.0641 e. The second-order valence-electron chi connectivity index (χ2n) is 3.60. The van der Waals surface area contributed by atoms with E-state index in [1.807, 2.05) is 0 Å². The van der Waals surface area contributed by atoms with Crippen LogP contribution in [0.4, 0.5) is 0 Å². The summed E-state index contributed by atoms with van der Waals surface area (Å²) in [5.74, 6) is 0. The minimum Gasteiger partial charge on any atom is -0.383 e. The molecule has 0 atom stereocenters. The Morgan fingerprint density at radius 2 is 2.20 bits per heavy atom. The highest BCUT2D eigenvalue weighted by molar-refractivity contribution is 5.80. The quantitative estimate of drug-likeness (QED) is 0.824. The molecule has 0 radical (unpaired) electrons. The molecule has 2 rings (SSSR count). The normalized spacial score (nSPS) is 11.1. The van der Waals surface area contributed by atoms with E-state index in [1.54, 1.807) is 7.11 Å². The van der Waals surface area contributed by atoms with E-state index in [0.29, 0.717) is 6.54 Å². The van der Waals surface area contributed by atoms with E-state index >= 15 is 0 Å². The van der Waals surface area contributed by atoms with E-state index in [1.165, 1.54) is 16.5 Å². The highest BCUT2D eigenvalue weighted by Crippen LogP contribution is 2.17. The van der Waals surface area contributed by atoms with Gasteiger partial charge in [-0.2, -0.15) is 0 Å². The van der Waals surface area contributed by atoms with Gasteiger partial charge < -0.3 is 15.0 Å². The van der Waals surface area contributed by atoms with Crippen LogP contribution >= 0.6 is 0 Å². The Labute approximate surface area is 89.4 Å². The van der Waals surface area contributed by atoms with Crippen LogP contribution in [0.3, 0.4) is 0 Å². The summed E-state index contributed by atoms with van der Waals surface area (Å²) >= 11 is 0. The molecule has 15 heavy (non-hydrogen) atoms. The molecule has 0 unspecified atom stereocenters. The highest BCUT2D eigenvalue weighted by Gasteiger charge is 2.01. The minimum atomic E-state index is 0.589. The molecule has 1 aromatic heterocycles. The summed E-state index contributed by atoms with van der Waals surface area (Å²) in [4.78, 5) is 0. The lowest BCUT2D eigenvalue weighted by Gasteiger charge is -2.05. The summed E-state index contributed by atoms with van der Waals surface area (Å²) in [6, 6.07) is 8.44. The maximum absolute atomic E-state index is 5.63. The summed E-state index contributed by atoms with van der Waals surface area (Å²) < 4.78 is 7.27. The van der Waals surface area contributed by atoms with Crippen molar-refractivity contribution in [2.75, 3.05) is 13.7 Å². The molecule has 3 heteroatoms. The van der Waals surface area contributed by atoms with Gasteiger partial charge in [0, 0.05) is 31.9 Å². The fraction of sp³-hybridized carbons (Fsp3) is 0.333. The molecule has 0 spiro atoms. The van der Waals surface area contributed by atoms with Crippen LogP contribution in [0, 0.1) is 0 Å². The van der Waals surface area contributed by atoms with E-state index in [4.69, 9.17) is 10.5 Å². The third-order valence-electron chi connectivity index (χ3n) is 2.61. The zero-order valence-electron chi connectivity index (χ0n) is 8.94. The van der Waals surface area contributed by atoms with Crippen LogP contribution in [0.5, 0.6) is 0 Å². The lowest BCUT2D eigenvalue weighted by atomic mass is 10.2. The maximum atomic E-state index is 5.63. The zero-order valence-corrected chi connectivity index (χ0v) is 8.94. The topological polar surface area (TPSA) is 40.2 Å². The van der Waals surface area contributed by atoms with Gasteiger partial charge in [-0.1, -0.05) is 12.1 Å². The van der Waals surface area contributed by atoms with Crippen LogP contribution < -0.4 is 5.73 Å². The summed E-state index contributed by atoms with van der Waals surface area (Å²) in [6.45, 7) is 2.20. The fourth-order valence-corrected chi connectivity index (χ4v) is 1.74. The highest BCUT2D eigenvalue weighted by atomic mass is 16.5. The Kier molecular flexibility index (Phi) is 3.04. The molecule has 1 heterocycles. The van der Waals surface area contributed by atoms with Crippen molar-refractivity contribution in [3.8, 4) is 0 Å². The number of fused-ring (bicyclic) bond motifs is 1. The number of methoxy groups -OCH3 is 1. The third-order valence-corrected chi connectivity index (χ3v) is 2.61. The largest absolute Gasteiger partial charge is 0.383 e. The van der Waals surface area contributed by atoms with E-state index in [2.05, 4.69) is 35.0 Å². The van der Waals surface area contributed by atoms with E-state index in [0.717, 1.165) is 13.2 Å². The fourth-order valence-electron chi connectivity index (χ4n) is 1.74. The second kappa shape index (κ2) is 4.47. The van der Waals surface area contributed by atoms with Gasteiger partial charge in [-0.25, -0.2) is 0 Å². The van der Waals surface area contributed by atoms with Gasteiger partial charge in [-0.15, -0.1) is 0 Å².